The number of fused-ring (bicyclic) bond motifs is 2. The Morgan fingerprint density at radius 3 is 2.88 bits per heavy atom. The van der Waals surface area contributed by atoms with Crippen LogP contribution in [-0.2, 0) is 12.8 Å². The number of furan rings is 1. The van der Waals surface area contributed by atoms with Gasteiger partial charge in [0, 0.05) is 17.4 Å². The van der Waals surface area contributed by atoms with Crippen LogP contribution in [0.2, 0.25) is 0 Å². The molecule has 0 saturated heterocycles. The van der Waals surface area contributed by atoms with Crippen molar-refractivity contribution in [3.05, 3.63) is 59.5 Å². The molecule has 130 valence electrons. The quantitative estimate of drug-likeness (QED) is 0.599. The van der Waals surface area contributed by atoms with Crippen LogP contribution >= 0.6 is 0 Å². The van der Waals surface area contributed by atoms with E-state index >= 15 is 0 Å². The van der Waals surface area contributed by atoms with Gasteiger partial charge in [0.1, 0.15) is 5.82 Å². The first-order valence-corrected chi connectivity index (χ1v) is 8.94. The molecule has 3 heterocycles. The van der Waals surface area contributed by atoms with E-state index in [0.717, 1.165) is 30.0 Å². The molecule has 0 unspecified atom stereocenters. The zero-order chi connectivity index (χ0) is 17.5. The minimum Gasteiger partial charge on any atom is -0.461 e. The number of nitrogens with zero attached hydrogens (tertiary/aromatic N) is 4. The smallest absolute Gasteiger partial charge is 0.255 e. The number of anilines is 2. The Balaban J connectivity index is 1.61. The Bertz CT molecular complexity index is 1080. The SMILES string of the molecule is Cc1cc(Nc2cccc3c2CCCC3)n2nc(-c3ccco3)nc2n1. The summed E-state index contributed by atoms with van der Waals surface area (Å²) < 4.78 is 7.17. The summed E-state index contributed by atoms with van der Waals surface area (Å²) in [5.41, 5.74) is 4.89. The fourth-order valence-electron chi connectivity index (χ4n) is 3.62. The van der Waals surface area contributed by atoms with Crippen molar-refractivity contribution in [3.8, 4) is 11.6 Å². The Kier molecular flexibility index (Phi) is 3.48. The topological polar surface area (TPSA) is 68.2 Å². The van der Waals surface area contributed by atoms with Crippen molar-refractivity contribution in [2.75, 3.05) is 5.32 Å². The molecule has 1 N–H and O–H groups in total. The van der Waals surface area contributed by atoms with E-state index in [1.54, 1.807) is 10.8 Å². The Morgan fingerprint density at radius 2 is 2.00 bits per heavy atom. The number of aryl methyl sites for hydroxylation is 2. The van der Waals surface area contributed by atoms with Crippen molar-refractivity contribution in [1.82, 2.24) is 19.6 Å². The van der Waals surface area contributed by atoms with Gasteiger partial charge in [-0.1, -0.05) is 12.1 Å². The van der Waals surface area contributed by atoms with Crippen LogP contribution in [-0.4, -0.2) is 19.6 Å². The van der Waals surface area contributed by atoms with Gasteiger partial charge in [-0.05, 0) is 61.9 Å². The van der Waals surface area contributed by atoms with E-state index in [9.17, 15) is 0 Å². The van der Waals surface area contributed by atoms with Crippen LogP contribution in [0.25, 0.3) is 17.4 Å². The van der Waals surface area contributed by atoms with Crippen molar-refractivity contribution in [2.24, 2.45) is 0 Å². The van der Waals surface area contributed by atoms with Crippen molar-refractivity contribution < 1.29 is 4.42 Å². The third-order valence-electron chi connectivity index (χ3n) is 4.84. The van der Waals surface area contributed by atoms with Gasteiger partial charge in [0.2, 0.25) is 5.82 Å². The molecule has 3 aromatic heterocycles. The summed E-state index contributed by atoms with van der Waals surface area (Å²) >= 11 is 0. The molecule has 0 fully saturated rings. The minimum atomic E-state index is 0.534. The van der Waals surface area contributed by atoms with Gasteiger partial charge in [0.05, 0.1) is 6.26 Å². The third kappa shape index (κ3) is 2.54. The van der Waals surface area contributed by atoms with Crippen LogP contribution in [0.3, 0.4) is 0 Å². The van der Waals surface area contributed by atoms with Crippen molar-refractivity contribution in [2.45, 2.75) is 32.6 Å². The minimum absolute atomic E-state index is 0.534. The summed E-state index contributed by atoms with van der Waals surface area (Å²) in [4.78, 5) is 9.02. The van der Waals surface area contributed by atoms with Gasteiger partial charge in [0.25, 0.3) is 5.78 Å². The van der Waals surface area contributed by atoms with Gasteiger partial charge >= 0.3 is 0 Å². The summed E-state index contributed by atoms with van der Waals surface area (Å²) in [5.74, 6) is 2.59. The second-order valence-corrected chi connectivity index (χ2v) is 6.68. The van der Waals surface area contributed by atoms with E-state index in [1.165, 1.54) is 24.0 Å². The lowest BCUT2D eigenvalue weighted by molar-refractivity contribution is 0.577. The Morgan fingerprint density at radius 1 is 1.08 bits per heavy atom. The van der Waals surface area contributed by atoms with Gasteiger partial charge in [-0.15, -0.1) is 5.10 Å². The van der Waals surface area contributed by atoms with Gasteiger partial charge in [0.15, 0.2) is 5.76 Å². The lowest BCUT2D eigenvalue weighted by Gasteiger charge is -2.20. The molecule has 0 saturated carbocycles. The van der Waals surface area contributed by atoms with Crippen molar-refractivity contribution in [1.29, 1.82) is 0 Å². The number of benzene rings is 1. The summed E-state index contributed by atoms with van der Waals surface area (Å²) in [6, 6.07) is 12.2. The van der Waals surface area contributed by atoms with E-state index < -0.39 is 0 Å². The molecule has 6 heteroatoms. The highest BCUT2D eigenvalue weighted by atomic mass is 16.3. The van der Waals surface area contributed by atoms with Crippen LogP contribution in [0.4, 0.5) is 11.5 Å². The van der Waals surface area contributed by atoms with Gasteiger partial charge in [-0.3, -0.25) is 0 Å². The second-order valence-electron chi connectivity index (χ2n) is 6.68. The van der Waals surface area contributed by atoms with E-state index in [2.05, 4.69) is 38.6 Å². The van der Waals surface area contributed by atoms with E-state index in [1.807, 2.05) is 25.1 Å². The molecule has 4 aromatic rings. The predicted octanol–water partition coefficient (Wildman–Crippen LogP) is 4.32. The third-order valence-corrected chi connectivity index (χ3v) is 4.84. The average Bonchev–Trinajstić information content (AvgIpc) is 3.31. The molecule has 1 aliphatic carbocycles. The molecule has 1 aliphatic rings. The van der Waals surface area contributed by atoms with Crippen LogP contribution < -0.4 is 5.32 Å². The van der Waals surface area contributed by atoms with Gasteiger partial charge in [-0.2, -0.15) is 9.50 Å². The zero-order valence-corrected chi connectivity index (χ0v) is 14.6. The molecular formula is C20H19N5O. The molecule has 0 amide bonds. The molecule has 1 aromatic carbocycles. The van der Waals surface area contributed by atoms with Crippen molar-refractivity contribution in [3.63, 3.8) is 0 Å². The standard InChI is InChI=1S/C20H19N5O/c1-13-12-18(22-16-9-4-7-14-6-2-3-8-15(14)16)25-20(21-13)23-19(24-25)17-10-5-11-26-17/h4-5,7,9-12,22H,2-3,6,8H2,1H3. The largest absolute Gasteiger partial charge is 0.461 e. The first-order chi connectivity index (χ1) is 12.8. The van der Waals surface area contributed by atoms with Crippen LogP contribution in [0.5, 0.6) is 0 Å². The predicted molar refractivity (Wildman–Crippen MR) is 99.6 cm³/mol. The lowest BCUT2D eigenvalue weighted by atomic mass is 9.90. The van der Waals surface area contributed by atoms with E-state index in [0.29, 0.717) is 17.4 Å². The van der Waals surface area contributed by atoms with Crippen LogP contribution in [0.1, 0.15) is 29.7 Å². The maximum absolute atomic E-state index is 5.43. The first kappa shape index (κ1) is 15.1. The van der Waals surface area contributed by atoms with Crippen LogP contribution in [0, 0.1) is 6.92 Å². The summed E-state index contributed by atoms with van der Waals surface area (Å²) in [6.45, 7) is 1.97. The molecule has 0 aliphatic heterocycles. The normalized spacial score (nSPS) is 13.7. The van der Waals surface area contributed by atoms with Gasteiger partial charge in [-0.25, -0.2) is 4.98 Å². The maximum Gasteiger partial charge on any atom is 0.255 e. The van der Waals surface area contributed by atoms with Crippen LogP contribution in [0.15, 0.2) is 47.1 Å². The second kappa shape index (κ2) is 5.98. The van der Waals surface area contributed by atoms with E-state index in [-0.39, 0.29) is 0 Å². The Hall–Kier alpha value is -3.15. The molecule has 0 radical (unpaired) electrons. The number of nitrogens with one attached hydrogen (secondary N) is 1. The molecule has 5 rings (SSSR count). The summed E-state index contributed by atoms with van der Waals surface area (Å²) in [5, 5.41) is 8.16. The number of aromatic nitrogens is 4. The molecule has 6 nitrogen and oxygen atoms in total. The Labute approximate surface area is 150 Å². The van der Waals surface area contributed by atoms with Crippen molar-refractivity contribution >= 4 is 17.3 Å². The fourth-order valence-corrected chi connectivity index (χ4v) is 3.62. The molecule has 0 bridgehead atoms. The summed E-state index contributed by atoms with van der Waals surface area (Å²) in [7, 11) is 0. The lowest BCUT2D eigenvalue weighted by Crippen LogP contribution is -2.08. The number of rotatable bonds is 3. The number of hydrogen-bond donors (Lipinski definition) is 1. The van der Waals surface area contributed by atoms with E-state index in [4.69, 9.17) is 4.42 Å². The van der Waals surface area contributed by atoms with Gasteiger partial charge < -0.3 is 9.73 Å². The highest BCUT2D eigenvalue weighted by molar-refractivity contribution is 5.65. The highest BCUT2D eigenvalue weighted by Gasteiger charge is 2.16. The zero-order valence-electron chi connectivity index (χ0n) is 14.6. The molecular weight excluding hydrogens is 326 g/mol. The average molecular weight is 345 g/mol. The maximum atomic E-state index is 5.43. The molecule has 0 atom stereocenters. The molecule has 0 spiro atoms. The fraction of sp³-hybridized carbons (Fsp3) is 0.250. The first-order valence-electron chi connectivity index (χ1n) is 8.94. The highest BCUT2D eigenvalue weighted by Crippen LogP contribution is 2.30. The monoisotopic (exact) mass is 345 g/mol. The summed E-state index contributed by atoms with van der Waals surface area (Å²) in [6.07, 6.45) is 6.39. The molecule has 26 heavy (non-hydrogen) atoms. The number of hydrogen-bond acceptors (Lipinski definition) is 5.